The standard InChI is InChI=1S/C25H25NO4/c1-17-12-24(30-16-18-6-7-18)26-14-23(17)21-4-3-5-22(13-21)29-15-19-8-10-20(11-9-19)25(27)28-2/h3-5,8-14,18H,6-7,15-16H2,1-2H3. The van der Waals surface area contributed by atoms with Gasteiger partial charge in [0.15, 0.2) is 0 Å². The van der Waals surface area contributed by atoms with Gasteiger partial charge >= 0.3 is 5.97 Å². The van der Waals surface area contributed by atoms with Crippen molar-refractivity contribution in [1.29, 1.82) is 0 Å². The molecule has 1 fully saturated rings. The summed E-state index contributed by atoms with van der Waals surface area (Å²) in [6.07, 6.45) is 4.39. The van der Waals surface area contributed by atoms with Crippen LogP contribution in [0.5, 0.6) is 11.6 Å². The molecule has 5 nitrogen and oxygen atoms in total. The lowest BCUT2D eigenvalue weighted by Gasteiger charge is -2.11. The van der Waals surface area contributed by atoms with Crippen LogP contribution in [0.1, 0.15) is 34.3 Å². The number of rotatable bonds is 8. The maximum atomic E-state index is 11.5. The van der Waals surface area contributed by atoms with Crippen LogP contribution in [0, 0.1) is 12.8 Å². The molecule has 0 spiro atoms. The van der Waals surface area contributed by atoms with E-state index in [-0.39, 0.29) is 5.97 Å². The minimum absolute atomic E-state index is 0.344. The molecule has 0 amide bonds. The highest BCUT2D eigenvalue weighted by atomic mass is 16.5. The molecule has 30 heavy (non-hydrogen) atoms. The smallest absolute Gasteiger partial charge is 0.337 e. The van der Waals surface area contributed by atoms with Crippen molar-refractivity contribution in [2.24, 2.45) is 5.92 Å². The second kappa shape index (κ2) is 8.99. The first-order valence-corrected chi connectivity index (χ1v) is 10.1. The van der Waals surface area contributed by atoms with Crippen molar-refractivity contribution in [3.05, 3.63) is 77.5 Å². The molecule has 1 heterocycles. The largest absolute Gasteiger partial charge is 0.489 e. The first-order chi connectivity index (χ1) is 14.6. The fourth-order valence-electron chi connectivity index (χ4n) is 3.17. The molecular formula is C25H25NO4. The van der Waals surface area contributed by atoms with Crippen LogP contribution in [0.2, 0.25) is 0 Å². The lowest BCUT2D eigenvalue weighted by molar-refractivity contribution is 0.0600. The molecule has 1 aliphatic carbocycles. The predicted molar refractivity (Wildman–Crippen MR) is 115 cm³/mol. The van der Waals surface area contributed by atoms with Gasteiger partial charge in [-0.15, -0.1) is 0 Å². The summed E-state index contributed by atoms with van der Waals surface area (Å²) in [6.45, 7) is 3.24. The van der Waals surface area contributed by atoms with E-state index in [1.165, 1.54) is 20.0 Å². The Morgan fingerprint density at radius 1 is 1.07 bits per heavy atom. The molecule has 0 radical (unpaired) electrons. The molecule has 1 saturated carbocycles. The Morgan fingerprint density at radius 3 is 2.57 bits per heavy atom. The lowest BCUT2D eigenvalue weighted by atomic mass is 10.0. The molecular weight excluding hydrogens is 378 g/mol. The van der Waals surface area contributed by atoms with Crippen molar-refractivity contribution in [1.82, 2.24) is 4.98 Å². The number of hydrogen-bond acceptors (Lipinski definition) is 5. The SMILES string of the molecule is COC(=O)c1ccc(COc2cccc(-c3cnc(OCC4CC4)cc3C)c2)cc1. The number of hydrogen-bond donors (Lipinski definition) is 0. The van der Waals surface area contributed by atoms with Gasteiger partial charge in [-0.05, 0) is 66.6 Å². The van der Waals surface area contributed by atoms with E-state index in [2.05, 4.69) is 11.9 Å². The summed E-state index contributed by atoms with van der Waals surface area (Å²) in [7, 11) is 1.37. The summed E-state index contributed by atoms with van der Waals surface area (Å²) >= 11 is 0. The van der Waals surface area contributed by atoms with Crippen molar-refractivity contribution in [3.63, 3.8) is 0 Å². The number of aryl methyl sites for hydroxylation is 1. The van der Waals surface area contributed by atoms with E-state index in [0.717, 1.165) is 34.6 Å². The van der Waals surface area contributed by atoms with Crippen molar-refractivity contribution in [3.8, 4) is 22.8 Å². The van der Waals surface area contributed by atoms with Gasteiger partial charge in [-0.25, -0.2) is 9.78 Å². The minimum atomic E-state index is -0.344. The van der Waals surface area contributed by atoms with Gasteiger partial charge < -0.3 is 14.2 Å². The highest BCUT2D eigenvalue weighted by molar-refractivity contribution is 5.89. The number of nitrogens with zero attached hydrogens (tertiary/aromatic N) is 1. The van der Waals surface area contributed by atoms with E-state index in [9.17, 15) is 4.79 Å². The quantitative estimate of drug-likeness (QED) is 0.483. The molecule has 0 unspecified atom stereocenters. The Labute approximate surface area is 176 Å². The third kappa shape index (κ3) is 4.98. The predicted octanol–water partition coefficient (Wildman–Crippen LogP) is 5.21. The fraction of sp³-hybridized carbons (Fsp3) is 0.280. The zero-order chi connectivity index (χ0) is 20.9. The molecule has 1 aliphatic rings. The van der Waals surface area contributed by atoms with Crippen LogP contribution in [0.15, 0.2) is 60.8 Å². The Kier molecular flexibility index (Phi) is 5.98. The third-order valence-electron chi connectivity index (χ3n) is 5.18. The number of carbonyl (C=O) groups excluding carboxylic acids is 1. The minimum Gasteiger partial charge on any atom is -0.489 e. The van der Waals surface area contributed by atoms with Crippen LogP contribution in [-0.2, 0) is 11.3 Å². The second-order valence-corrected chi connectivity index (χ2v) is 7.60. The van der Waals surface area contributed by atoms with Gasteiger partial charge in [-0.2, -0.15) is 0 Å². The number of aromatic nitrogens is 1. The summed E-state index contributed by atoms with van der Waals surface area (Å²) in [5.74, 6) is 1.82. The van der Waals surface area contributed by atoms with Crippen LogP contribution in [0.4, 0.5) is 0 Å². The number of esters is 1. The van der Waals surface area contributed by atoms with Gasteiger partial charge in [-0.1, -0.05) is 24.3 Å². The summed E-state index contributed by atoms with van der Waals surface area (Å²) in [5, 5.41) is 0. The summed E-state index contributed by atoms with van der Waals surface area (Å²) in [5.41, 5.74) is 4.72. The number of pyridine rings is 1. The topological polar surface area (TPSA) is 57.7 Å². The molecule has 154 valence electrons. The maximum absolute atomic E-state index is 11.5. The molecule has 3 aromatic rings. The molecule has 2 aromatic carbocycles. The summed E-state index contributed by atoms with van der Waals surface area (Å²) in [4.78, 5) is 16.0. The van der Waals surface area contributed by atoms with Crippen LogP contribution in [0.25, 0.3) is 11.1 Å². The molecule has 0 bridgehead atoms. The van der Waals surface area contributed by atoms with E-state index in [4.69, 9.17) is 14.2 Å². The van der Waals surface area contributed by atoms with Crippen molar-refractivity contribution in [2.45, 2.75) is 26.4 Å². The lowest BCUT2D eigenvalue weighted by Crippen LogP contribution is -2.02. The van der Waals surface area contributed by atoms with Gasteiger partial charge in [0.05, 0.1) is 19.3 Å². The highest BCUT2D eigenvalue weighted by Crippen LogP contribution is 2.31. The average molecular weight is 403 g/mol. The van der Waals surface area contributed by atoms with E-state index >= 15 is 0 Å². The van der Waals surface area contributed by atoms with Crippen molar-refractivity contribution < 1.29 is 19.0 Å². The number of carbonyl (C=O) groups is 1. The monoisotopic (exact) mass is 403 g/mol. The Balaban J connectivity index is 1.41. The molecule has 0 atom stereocenters. The first kappa shape index (κ1) is 20.0. The Morgan fingerprint density at radius 2 is 1.87 bits per heavy atom. The van der Waals surface area contributed by atoms with E-state index in [1.807, 2.05) is 48.7 Å². The van der Waals surface area contributed by atoms with E-state index in [0.29, 0.717) is 24.0 Å². The van der Waals surface area contributed by atoms with Crippen LogP contribution in [-0.4, -0.2) is 24.7 Å². The third-order valence-corrected chi connectivity index (χ3v) is 5.18. The normalized spacial score (nSPS) is 13.0. The molecule has 4 rings (SSSR count). The van der Waals surface area contributed by atoms with E-state index in [1.54, 1.807) is 12.1 Å². The summed E-state index contributed by atoms with van der Waals surface area (Å²) < 4.78 is 16.5. The maximum Gasteiger partial charge on any atom is 0.337 e. The number of ether oxygens (including phenoxy) is 3. The van der Waals surface area contributed by atoms with Gasteiger partial charge in [0.25, 0.3) is 0 Å². The molecule has 0 aliphatic heterocycles. The molecule has 0 N–H and O–H groups in total. The fourth-order valence-corrected chi connectivity index (χ4v) is 3.17. The van der Waals surface area contributed by atoms with Crippen molar-refractivity contribution >= 4 is 5.97 Å². The highest BCUT2D eigenvalue weighted by Gasteiger charge is 2.22. The molecule has 1 aromatic heterocycles. The van der Waals surface area contributed by atoms with Gasteiger partial charge in [0.2, 0.25) is 5.88 Å². The Hall–Kier alpha value is -3.34. The number of methoxy groups -OCH3 is 1. The molecule has 0 saturated heterocycles. The van der Waals surface area contributed by atoms with Gasteiger partial charge in [0.1, 0.15) is 12.4 Å². The van der Waals surface area contributed by atoms with E-state index < -0.39 is 0 Å². The first-order valence-electron chi connectivity index (χ1n) is 10.1. The number of benzene rings is 2. The second-order valence-electron chi connectivity index (χ2n) is 7.60. The van der Waals surface area contributed by atoms with Gasteiger partial charge in [-0.3, -0.25) is 0 Å². The van der Waals surface area contributed by atoms with Gasteiger partial charge in [0, 0.05) is 17.8 Å². The van der Waals surface area contributed by atoms with Crippen molar-refractivity contribution in [2.75, 3.05) is 13.7 Å². The summed E-state index contributed by atoms with van der Waals surface area (Å²) in [6, 6.07) is 17.2. The van der Waals surface area contributed by atoms with Crippen LogP contribution >= 0.6 is 0 Å². The zero-order valence-corrected chi connectivity index (χ0v) is 17.3. The molecule has 5 heteroatoms. The zero-order valence-electron chi connectivity index (χ0n) is 17.3. The van der Waals surface area contributed by atoms with Crippen LogP contribution < -0.4 is 9.47 Å². The Bertz CT molecular complexity index is 1030. The van der Waals surface area contributed by atoms with Crippen LogP contribution in [0.3, 0.4) is 0 Å². The average Bonchev–Trinajstić information content (AvgIpc) is 3.61.